The van der Waals surface area contributed by atoms with Gasteiger partial charge in [0, 0.05) is 10.9 Å². The highest BCUT2D eigenvalue weighted by molar-refractivity contribution is 5.94. The normalized spacial score (nSPS) is 12.0. The Bertz CT molecular complexity index is 1030. The van der Waals surface area contributed by atoms with Crippen LogP contribution in [-0.4, -0.2) is 39.5 Å². The molecule has 0 saturated heterocycles. The molecule has 29 heavy (non-hydrogen) atoms. The molecule has 0 bridgehead atoms. The van der Waals surface area contributed by atoms with E-state index in [1.807, 2.05) is 55.5 Å². The predicted octanol–water partition coefficient (Wildman–Crippen LogP) is 3.24. The predicted molar refractivity (Wildman–Crippen MR) is 113 cm³/mol. The van der Waals surface area contributed by atoms with Crippen LogP contribution < -0.4 is 10.6 Å². The van der Waals surface area contributed by atoms with Gasteiger partial charge in [0.25, 0.3) is 0 Å². The van der Waals surface area contributed by atoms with Gasteiger partial charge < -0.3 is 15.7 Å². The number of hydrogen-bond acceptors (Lipinski definition) is 5. The fourth-order valence-electron chi connectivity index (χ4n) is 3.03. The van der Waals surface area contributed by atoms with E-state index in [0.717, 1.165) is 27.7 Å². The molecule has 1 unspecified atom stereocenters. The lowest BCUT2D eigenvalue weighted by atomic mass is 10.0. The molecule has 3 rings (SSSR count). The molecule has 3 N–H and O–H groups in total. The number of aliphatic carboxylic acids is 1. The van der Waals surface area contributed by atoms with Gasteiger partial charge in [-0.1, -0.05) is 55.8 Å². The van der Waals surface area contributed by atoms with Crippen LogP contribution >= 0.6 is 0 Å². The topological polar surface area (TPSA) is 104 Å². The Morgan fingerprint density at radius 1 is 1.07 bits per heavy atom. The highest BCUT2D eigenvalue weighted by atomic mass is 16.4. The molecule has 0 aliphatic heterocycles. The number of carboxylic acid groups (broad SMARTS) is 1. The minimum absolute atomic E-state index is 0.123. The number of carboxylic acids is 1. The lowest BCUT2D eigenvalue weighted by Crippen LogP contribution is -2.46. The van der Waals surface area contributed by atoms with Crippen LogP contribution in [0.4, 0.5) is 5.95 Å². The first-order chi connectivity index (χ1) is 13.8. The third-order valence-corrected chi connectivity index (χ3v) is 4.55. The van der Waals surface area contributed by atoms with E-state index in [4.69, 9.17) is 0 Å². The molecule has 0 aliphatic rings. The van der Waals surface area contributed by atoms with Crippen molar-refractivity contribution in [2.24, 2.45) is 5.92 Å². The van der Waals surface area contributed by atoms with E-state index in [1.165, 1.54) is 0 Å². The second kappa shape index (κ2) is 8.68. The lowest BCUT2D eigenvalue weighted by molar-refractivity contribution is -0.142. The monoisotopic (exact) mass is 392 g/mol. The van der Waals surface area contributed by atoms with Crippen LogP contribution in [0.3, 0.4) is 0 Å². The maximum absolute atomic E-state index is 12.2. The summed E-state index contributed by atoms with van der Waals surface area (Å²) in [4.78, 5) is 32.6. The average Bonchev–Trinajstić information content (AvgIpc) is 2.70. The molecule has 0 radical (unpaired) electrons. The highest BCUT2D eigenvalue weighted by Crippen LogP contribution is 2.27. The van der Waals surface area contributed by atoms with Crippen LogP contribution in [0.15, 0.2) is 48.5 Å². The summed E-state index contributed by atoms with van der Waals surface area (Å²) < 4.78 is 0. The minimum atomic E-state index is -1.06. The van der Waals surface area contributed by atoms with Gasteiger partial charge in [-0.25, -0.2) is 14.8 Å². The quantitative estimate of drug-likeness (QED) is 0.570. The van der Waals surface area contributed by atoms with Gasteiger partial charge in [-0.15, -0.1) is 0 Å². The summed E-state index contributed by atoms with van der Waals surface area (Å²) in [6.45, 7) is 5.38. The van der Waals surface area contributed by atoms with Crippen molar-refractivity contribution in [3.05, 3.63) is 54.1 Å². The number of aromatic nitrogens is 2. The van der Waals surface area contributed by atoms with Crippen molar-refractivity contribution < 1.29 is 14.7 Å². The maximum Gasteiger partial charge on any atom is 0.326 e. The number of rotatable bonds is 7. The maximum atomic E-state index is 12.2. The van der Waals surface area contributed by atoms with Gasteiger partial charge in [0.15, 0.2) is 0 Å². The largest absolute Gasteiger partial charge is 0.480 e. The van der Waals surface area contributed by atoms with Crippen molar-refractivity contribution in [3.8, 4) is 11.3 Å². The Morgan fingerprint density at radius 2 is 1.79 bits per heavy atom. The van der Waals surface area contributed by atoms with Crippen LogP contribution in [0.1, 0.15) is 19.4 Å². The molecule has 1 heterocycles. The third kappa shape index (κ3) is 4.87. The molecule has 0 fully saturated rings. The molecular weight excluding hydrogens is 368 g/mol. The number of fused-ring (bicyclic) bond motifs is 1. The Morgan fingerprint density at radius 3 is 2.45 bits per heavy atom. The number of benzene rings is 2. The van der Waals surface area contributed by atoms with Gasteiger partial charge >= 0.3 is 5.97 Å². The second-order valence-electron chi connectivity index (χ2n) is 7.26. The second-order valence-corrected chi connectivity index (χ2v) is 7.26. The van der Waals surface area contributed by atoms with Gasteiger partial charge in [-0.3, -0.25) is 4.79 Å². The van der Waals surface area contributed by atoms with Crippen LogP contribution in [0.5, 0.6) is 0 Å². The van der Waals surface area contributed by atoms with E-state index < -0.39 is 17.9 Å². The number of anilines is 1. The number of hydrogen-bond donors (Lipinski definition) is 3. The van der Waals surface area contributed by atoms with E-state index in [0.29, 0.717) is 5.95 Å². The van der Waals surface area contributed by atoms with Crippen LogP contribution in [0.25, 0.3) is 22.2 Å². The first-order valence-electron chi connectivity index (χ1n) is 9.45. The van der Waals surface area contributed by atoms with E-state index >= 15 is 0 Å². The van der Waals surface area contributed by atoms with Crippen molar-refractivity contribution in [1.29, 1.82) is 0 Å². The fourth-order valence-corrected chi connectivity index (χ4v) is 3.03. The molecule has 7 heteroatoms. The third-order valence-electron chi connectivity index (χ3n) is 4.55. The van der Waals surface area contributed by atoms with E-state index in [-0.39, 0.29) is 12.5 Å². The Kier molecular flexibility index (Phi) is 6.07. The molecule has 1 amide bonds. The van der Waals surface area contributed by atoms with Gasteiger partial charge in [0.1, 0.15) is 6.04 Å². The molecule has 0 spiro atoms. The number of carbonyl (C=O) groups is 2. The smallest absolute Gasteiger partial charge is 0.326 e. The Labute approximate surface area is 169 Å². The first-order valence-corrected chi connectivity index (χ1v) is 9.45. The van der Waals surface area contributed by atoms with E-state index in [2.05, 4.69) is 20.6 Å². The van der Waals surface area contributed by atoms with Gasteiger partial charge in [-0.2, -0.15) is 0 Å². The van der Waals surface area contributed by atoms with Crippen molar-refractivity contribution in [1.82, 2.24) is 15.3 Å². The summed E-state index contributed by atoms with van der Waals surface area (Å²) in [6, 6.07) is 14.8. The number of aryl methyl sites for hydroxylation is 1. The average molecular weight is 392 g/mol. The summed E-state index contributed by atoms with van der Waals surface area (Å²) in [6.07, 6.45) is 0. The summed E-state index contributed by atoms with van der Waals surface area (Å²) in [7, 11) is 0. The van der Waals surface area contributed by atoms with E-state index in [9.17, 15) is 14.7 Å². The Hall–Kier alpha value is -3.48. The zero-order valence-electron chi connectivity index (χ0n) is 16.6. The van der Waals surface area contributed by atoms with Crippen LogP contribution in [-0.2, 0) is 9.59 Å². The van der Waals surface area contributed by atoms with Gasteiger partial charge in [-0.05, 0) is 25.0 Å². The summed E-state index contributed by atoms with van der Waals surface area (Å²) in [5.74, 6) is -1.40. The minimum Gasteiger partial charge on any atom is -0.480 e. The van der Waals surface area contributed by atoms with E-state index in [1.54, 1.807) is 13.8 Å². The molecule has 150 valence electrons. The van der Waals surface area contributed by atoms with Crippen LogP contribution in [0.2, 0.25) is 0 Å². The van der Waals surface area contributed by atoms with Gasteiger partial charge in [0.05, 0.1) is 17.8 Å². The first kappa shape index (κ1) is 20.3. The molecule has 0 saturated carbocycles. The zero-order valence-corrected chi connectivity index (χ0v) is 16.6. The molecule has 0 aliphatic carbocycles. The molecule has 1 aromatic heterocycles. The number of nitrogens with zero attached hydrogens (tertiary/aromatic N) is 2. The van der Waals surface area contributed by atoms with Crippen molar-refractivity contribution in [2.45, 2.75) is 26.8 Å². The zero-order chi connectivity index (χ0) is 21.0. The van der Waals surface area contributed by atoms with Crippen molar-refractivity contribution >= 4 is 28.7 Å². The molecular formula is C22H24N4O3. The lowest BCUT2D eigenvalue weighted by Gasteiger charge is -2.18. The Balaban J connectivity index is 1.86. The molecule has 7 nitrogen and oxygen atoms in total. The van der Waals surface area contributed by atoms with Crippen LogP contribution in [0, 0.1) is 12.8 Å². The molecule has 3 aromatic rings. The highest BCUT2D eigenvalue weighted by Gasteiger charge is 2.23. The van der Waals surface area contributed by atoms with Gasteiger partial charge in [0.2, 0.25) is 11.9 Å². The number of amides is 1. The summed E-state index contributed by atoms with van der Waals surface area (Å²) in [5, 5.41) is 15.6. The summed E-state index contributed by atoms with van der Waals surface area (Å²) in [5.41, 5.74) is 3.58. The SMILES string of the molecule is Cc1ccc2nc(NCC(=O)NC(C(=O)O)C(C)C)nc(-c3ccccc3)c2c1. The number of carbonyl (C=O) groups excluding carboxylic acids is 1. The van der Waals surface area contributed by atoms with Crippen molar-refractivity contribution in [2.75, 3.05) is 11.9 Å². The van der Waals surface area contributed by atoms with Crippen molar-refractivity contribution in [3.63, 3.8) is 0 Å². The fraction of sp³-hybridized carbons (Fsp3) is 0.273. The number of nitrogens with one attached hydrogen (secondary N) is 2. The molecule has 2 aromatic carbocycles. The molecule has 1 atom stereocenters. The summed E-state index contributed by atoms with van der Waals surface area (Å²) >= 11 is 0. The standard InChI is InChI=1S/C22H24N4O3/c1-13(2)19(21(28)29)25-18(27)12-23-22-24-17-10-9-14(3)11-16(17)20(26-22)15-7-5-4-6-8-15/h4-11,13,19H,12H2,1-3H3,(H,25,27)(H,28,29)(H,23,24,26).